The lowest BCUT2D eigenvalue weighted by Crippen LogP contribution is -2.01. The first-order valence-corrected chi connectivity index (χ1v) is 7.56. The van der Waals surface area contributed by atoms with Crippen LogP contribution in [0.25, 0.3) is 16.6 Å². The van der Waals surface area contributed by atoms with Crippen LogP contribution in [-0.4, -0.2) is 31.4 Å². The quantitative estimate of drug-likeness (QED) is 0.753. The lowest BCUT2D eigenvalue weighted by Gasteiger charge is -2.10. The Morgan fingerprint density at radius 1 is 1.19 bits per heavy atom. The van der Waals surface area contributed by atoms with Gasteiger partial charge in [0, 0.05) is 0 Å². The molecule has 0 aliphatic rings. The van der Waals surface area contributed by atoms with Crippen molar-refractivity contribution in [3.63, 3.8) is 0 Å². The van der Waals surface area contributed by atoms with E-state index in [1.165, 1.54) is 17.3 Å². The summed E-state index contributed by atoms with van der Waals surface area (Å²) in [6.07, 6.45) is 0. The van der Waals surface area contributed by atoms with Gasteiger partial charge in [-0.3, -0.25) is 9.20 Å². The van der Waals surface area contributed by atoms with Gasteiger partial charge in [-0.15, -0.1) is 10.2 Å². The first-order chi connectivity index (χ1) is 9.97. The summed E-state index contributed by atoms with van der Waals surface area (Å²) < 4.78 is 1.97. The molecule has 0 fully saturated rings. The van der Waals surface area contributed by atoms with E-state index < -0.39 is 5.97 Å². The largest absolute Gasteiger partial charge is 0.481 e. The highest BCUT2D eigenvalue weighted by Gasteiger charge is 2.14. The molecule has 0 aliphatic carbocycles. The fraction of sp³-hybridized carbons (Fsp3) is 0.267. The van der Waals surface area contributed by atoms with Crippen LogP contribution in [0.1, 0.15) is 16.7 Å². The maximum absolute atomic E-state index is 10.8. The van der Waals surface area contributed by atoms with Crippen LogP contribution in [0.5, 0.6) is 0 Å². The Labute approximate surface area is 126 Å². The average Bonchev–Trinajstić information content (AvgIpc) is 2.79. The Bertz CT molecular complexity index is 870. The van der Waals surface area contributed by atoms with Crippen molar-refractivity contribution in [3.05, 3.63) is 34.9 Å². The molecule has 1 N–H and O–H groups in total. The summed E-state index contributed by atoms with van der Waals surface area (Å²) in [7, 11) is 0. The number of pyridine rings is 1. The van der Waals surface area contributed by atoms with Gasteiger partial charge in [0.2, 0.25) is 0 Å². The van der Waals surface area contributed by atoms with Crippen molar-refractivity contribution in [2.24, 2.45) is 0 Å². The van der Waals surface area contributed by atoms with Gasteiger partial charge in [0.1, 0.15) is 0 Å². The second-order valence-electron chi connectivity index (χ2n) is 5.17. The summed E-state index contributed by atoms with van der Waals surface area (Å²) in [5.41, 5.74) is 5.18. The average molecular weight is 301 g/mol. The fourth-order valence-corrected chi connectivity index (χ4v) is 3.31. The van der Waals surface area contributed by atoms with Crippen LogP contribution in [0.2, 0.25) is 0 Å². The van der Waals surface area contributed by atoms with Crippen LogP contribution in [0, 0.1) is 20.8 Å². The molecule has 3 rings (SSSR count). The van der Waals surface area contributed by atoms with E-state index in [1.807, 2.05) is 11.3 Å². The van der Waals surface area contributed by atoms with Crippen molar-refractivity contribution in [2.75, 3.05) is 5.75 Å². The Hall–Kier alpha value is -2.08. The third-order valence-corrected chi connectivity index (χ3v) is 4.29. The lowest BCUT2D eigenvalue weighted by atomic mass is 10.1. The fourth-order valence-electron chi connectivity index (χ4n) is 2.65. The number of carbonyl (C=O) groups is 1. The number of hydrogen-bond donors (Lipinski definition) is 1. The summed E-state index contributed by atoms with van der Waals surface area (Å²) in [6, 6.07) is 6.34. The third-order valence-electron chi connectivity index (χ3n) is 3.38. The first kappa shape index (κ1) is 13.9. The van der Waals surface area contributed by atoms with Crippen LogP contribution < -0.4 is 0 Å². The predicted octanol–water partition coefficient (Wildman–Crippen LogP) is 2.98. The maximum atomic E-state index is 10.8. The van der Waals surface area contributed by atoms with Gasteiger partial charge in [-0.25, -0.2) is 0 Å². The van der Waals surface area contributed by atoms with Crippen LogP contribution in [0.15, 0.2) is 23.4 Å². The number of nitrogens with zero attached hydrogens (tertiary/aromatic N) is 3. The standard InChI is InChI=1S/C15H15N3O2S/c1-8-4-9(2)13-11(5-8)6-10(3)14-16-17-15(18(13)14)21-7-12(19)20/h4-6H,7H2,1-3H3,(H,19,20). The van der Waals surface area contributed by atoms with Gasteiger partial charge in [-0.1, -0.05) is 23.4 Å². The Morgan fingerprint density at radius 3 is 2.67 bits per heavy atom. The molecule has 0 bridgehead atoms. The van der Waals surface area contributed by atoms with Gasteiger partial charge in [0.15, 0.2) is 10.8 Å². The molecule has 3 aromatic rings. The molecule has 0 radical (unpaired) electrons. The SMILES string of the molecule is Cc1cc(C)c2c(c1)cc(C)c1nnc(SCC(=O)O)n12. The van der Waals surface area contributed by atoms with E-state index in [0.29, 0.717) is 5.16 Å². The number of benzene rings is 1. The number of rotatable bonds is 3. The summed E-state index contributed by atoms with van der Waals surface area (Å²) in [5, 5.41) is 19.0. The lowest BCUT2D eigenvalue weighted by molar-refractivity contribution is -0.133. The van der Waals surface area contributed by atoms with Gasteiger partial charge in [-0.05, 0) is 49.4 Å². The number of carboxylic acid groups (broad SMARTS) is 1. The van der Waals surface area contributed by atoms with Crippen molar-refractivity contribution in [2.45, 2.75) is 25.9 Å². The molecule has 0 atom stereocenters. The van der Waals surface area contributed by atoms with Crippen LogP contribution >= 0.6 is 11.8 Å². The monoisotopic (exact) mass is 301 g/mol. The van der Waals surface area contributed by atoms with Gasteiger partial charge in [0.25, 0.3) is 0 Å². The predicted molar refractivity (Wildman–Crippen MR) is 83.1 cm³/mol. The smallest absolute Gasteiger partial charge is 0.313 e. The van der Waals surface area contributed by atoms with Crippen molar-refractivity contribution in [1.82, 2.24) is 14.6 Å². The van der Waals surface area contributed by atoms with Gasteiger partial charge in [-0.2, -0.15) is 0 Å². The zero-order valence-electron chi connectivity index (χ0n) is 12.0. The molecule has 0 aliphatic heterocycles. The van der Waals surface area contributed by atoms with Gasteiger partial charge < -0.3 is 5.11 Å². The third kappa shape index (κ3) is 2.35. The zero-order chi connectivity index (χ0) is 15.1. The molecule has 0 spiro atoms. The summed E-state index contributed by atoms with van der Waals surface area (Å²) >= 11 is 1.19. The zero-order valence-corrected chi connectivity index (χ0v) is 12.9. The second-order valence-corrected chi connectivity index (χ2v) is 6.11. The number of carboxylic acids is 1. The molecule has 0 amide bonds. The molecule has 21 heavy (non-hydrogen) atoms. The highest BCUT2D eigenvalue weighted by molar-refractivity contribution is 7.99. The molecule has 1 aromatic carbocycles. The molecule has 2 heterocycles. The molecule has 2 aromatic heterocycles. The molecular weight excluding hydrogens is 286 g/mol. The number of aliphatic carboxylic acids is 1. The number of aryl methyl sites for hydroxylation is 3. The Morgan fingerprint density at radius 2 is 1.95 bits per heavy atom. The molecule has 0 saturated carbocycles. The van der Waals surface area contributed by atoms with Crippen LogP contribution in [0.3, 0.4) is 0 Å². The number of fused-ring (bicyclic) bond motifs is 3. The van der Waals surface area contributed by atoms with E-state index in [1.54, 1.807) is 0 Å². The van der Waals surface area contributed by atoms with Crippen molar-refractivity contribution in [3.8, 4) is 0 Å². The van der Waals surface area contributed by atoms with E-state index in [0.717, 1.165) is 27.7 Å². The molecule has 5 nitrogen and oxygen atoms in total. The minimum Gasteiger partial charge on any atom is -0.481 e. The topological polar surface area (TPSA) is 67.5 Å². The summed E-state index contributed by atoms with van der Waals surface area (Å²) in [4.78, 5) is 10.8. The normalized spacial score (nSPS) is 11.4. The number of thioether (sulfide) groups is 1. The van der Waals surface area contributed by atoms with E-state index in [9.17, 15) is 4.79 Å². The van der Waals surface area contributed by atoms with E-state index in [-0.39, 0.29) is 5.75 Å². The van der Waals surface area contributed by atoms with Gasteiger partial charge in [0.05, 0.1) is 11.3 Å². The molecule has 6 heteroatoms. The van der Waals surface area contributed by atoms with Gasteiger partial charge >= 0.3 is 5.97 Å². The highest BCUT2D eigenvalue weighted by Crippen LogP contribution is 2.28. The van der Waals surface area contributed by atoms with Crippen LogP contribution in [-0.2, 0) is 4.79 Å². The Balaban J connectivity index is 2.34. The molecular formula is C15H15N3O2S. The molecule has 0 unspecified atom stereocenters. The molecule has 108 valence electrons. The number of hydrogen-bond acceptors (Lipinski definition) is 4. The number of aromatic nitrogens is 3. The van der Waals surface area contributed by atoms with E-state index in [2.05, 4.69) is 42.2 Å². The summed E-state index contributed by atoms with van der Waals surface area (Å²) in [6.45, 7) is 6.11. The van der Waals surface area contributed by atoms with E-state index >= 15 is 0 Å². The minimum atomic E-state index is -0.860. The second kappa shape index (κ2) is 5.04. The highest BCUT2D eigenvalue weighted by atomic mass is 32.2. The first-order valence-electron chi connectivity index (χ1n) is 6.57. The summed E-state index contributed by atoms with van der Waals surface area (Å²) in [5.74, 6) is -0.887. The minimum absolute atomic E-state index is 0.0266. The maximum Gasteiger partial charge on any atom is 0.313 e. The van der Waals surface area contributed by atoms with E-state index in [4.69, 9.17) is 5.11 Å². The molecule has 0 saturated heterocycles. The van der Waals surface area contributed by atoms with Crippen LogP contribution in [0.4, 0.5) is 0 Å². The van der Waals surface area contributed by atoms with Crippen molar-refractivity contribution in [1.29, 1.82) is 0 Å². The van der Waals surface area contributed by atoms with Crippen molar-refractivity contribution < 1.29 is 9.90 Å². The Kier molecular flexibility index (Phi) is 3.33. The van der Waals surface area contributed by atoms with Crippen molar-refractivity contribution >= 4 is 34.3 Å².